The summed E-state index contributed by atoms with van der Waals surface area (Å²) in [6.07, 6.45) is 2.44. The number of nitrogens with two attached hydrogens (primary N) is 1. The predicted molar refractivity (Wildman–Crippen MR) is 70.9 cm³/mol. The third-order valence-corrected chi connectivity index (χ3v) is 4.12. The Morgan fingerprint density at radius 3 is 2.56 bits per heavy atom. The lowest BCUT2D eigenvalue weighted by atomic mass is 10.2. The Hall–Kier alpha value is -0.450. The lowest BCUT2D eigenvalue weighted by molar-refractivity contribution is 0.246. The van der Waals surface area contributed by atoms with Gasteiger partial charge in [-0.05, 0) is 33.9 Å². The highest BCUT2D eigenvalue weighted by atomic mass is 32.1. The van der Waals surface area contributed by atoms with Gasteiger partial charge in [0.2, 0.25) is 0 Å². The van der Waals surface area contributed by atoms with Crippen LogP contribution in [-0.4, -0.2) is 30.0 Å². The molecule has 0 aliphatic rings. The summed E-state index contributed by atoms with van der Waals surface area (Å²) >= 11 is 1.78. The van der Waals surface area contributed by atoms with Crippen LogP contribution in [0, 0.1) is 13.8 Å². The molecule has 0 saturated heterocycles. The second-order valence-corrected chi connectivity index (χ2v) is 5.51. The molecule has 0 amide bonds. The zero-order valence-electron chi connectivity index (χ0n) is 10.8. The standard InChI is InChI=1S/C12H23N3S/c1-5-6-7-15(4)11(8-13)12-14-9(2)10(3)16-12/h11H,5-8,13H2,1-4H3. The van der Waals surface area contributed by atoms with E-state index >= 15 is 0 Å². The van der Waals surface area contributed by atoms with Crippen molar-refractivity contribution in [1.29, 1.82) is 0 Å². The maximum absolute atomic E-state index is 5.86. The van der Waals surface area contributed by atoms with Gasteiger partial charge >= 0.3 is 0 Å². The van der Waals surface area contributed by atoms with E-state index in [1.165, 1.54) is 17.7 Å². The molecule has 3 nitrogen and oxygen atoms in total. The first-order valence-corrected chi connectivity index (χ1v) is 6.76. The Morgan fingerprint density at radius 2 is 2.12 bits per heavy atom. The molecule has 2 N–H and O–H groups in total. The van der Waals surface area contributed by atoms with Crippen LogP contribution in [0.25, 0.3) is 0 Å². The topological polar surface area (TPSA) is 42.1 Å². The number of hydrogen-bond donors (Lipinski definition) is 1. The Labute approximate surface area is 103 Å². The molecule has 1 aromatic heterocycles. The van der Waals surface area contributed by atoms with E-state index in [1.807, 2.05) is 0 Å². The summed E-state index contributed by atoms with van der Waals surface area (Å²) in [6, 6.07) is 0.281. The summed E-state index contributed by atoms with van der Waals surface area (Å²) in [5, 5.41) is 1.16. The molecular formula is C12H23N3S. The molecule has 1 atom stereocenters. The molecule has 0 aliphatic heterocycles. The average molecular weight is 241 g/mol. The molecule has 1 heterocycles. The summed E-state index contributed by atoms with van der Waals surface area (Å²) in [5.41, 5.74) is 7.00. The Kier molecular flexibility index (Phi) is 5.38. The lowest BCUT2D eigenvalue weighted by Crippen LogP contribution is -2.31. The molecular weight excluding hydrogens is 218 g/mol. The number of aromatic nitrogens is 1. The van der Waals surface area contributed by atoms with Gasteiger partial charge in [-0.1, -0.05) is 13.3 Å². The first-order valence-electron chi connectivity index (χ1n) is 5.94. The van der Waals surface area contributed by atoms with Gasteiger partial charge in [-0.3, -0.25) is 4.90 Å². The van der Waals surface area contributed by atoms with Crippen molar-refractivity contribution >= 4 is 11.3 Å². The van der Waals surface area contributed by atoms with Crippen LogP contribution in [0.1, 0.15) is 41.4 Å². The minimum Gasteiger partial charge on any atom is -0.329 e. The van der Waals surface area contributed by atoms with Crippen LogP contribution < -0.4 is 5.73 Å². The molecule has 4 heteroatoms. The van der Waals surface area contributed by atoms with Crippen LogP contribution in [0.2, 0.25) is 0 Å². The van der Waals surface area contributed by atoms with E-state index in [1.54, 1.807) is 11.3 Å². The first-order chi connectivity index (χ1) is 7.60. The largest absolute Gasteiger partial charge is 0.329 e. The molecule has 1 unspecified atom stereocenters. The molecule has 0 saturated carbocycles. The van der Waals surface area contributed by atoms with E-state index in [2.05, 4.69) is 37.7 Å². The SMILES string of the molecule is CCCCN(C)C(CN)c1nc(C)c(C)s1. The number of unbranched alkanes of at least 4 members (excludes halogenated alkanes) is 1. The molecule has 92 valence electrons. The zero-order chi connectivity index (χ0) is 12.1. The maximum Gasteiger partial charge on any atom is 0.112 e. The zero-order valence-corrected chi connectivity index (χ0v) is 11.6. The lowest BCUT2D eigenvalue weighted by Gasteiger charge is -2.24. The monoisotopic (exact) mass is 241 g/mol. The number of likely N-dealkylation sites (N-methyl/N-ethyl adjacent to an activating group) is 1. The Morgan fingerprint density at radius 1 is 1.44 bits per heavy atom. The van der Waals surface area contributed by atoms with E-state index in [0.717, 1.165) is 17.2 Å². The summed E-state index contributed by atoms with van der Waals surface area (Å²) < 4.78 is 0. The number of aryl methyl sites for hydroxylation is 2. The van der Waals surface area contributed by atoms with Gasteiger partial charge in [0.25, 0.3) is 0 Å². The minimum absolute atomic E-state index is 0.281. The summed E-state index contributed by atoms with van der Waals surface area (Å²) in [6.45, 7) is 8.14. The second kappa shape index (κ2) is 6.33. The Bertz CT molecular complexity index is 303. The molecule has 1 aromatic rings. The molecule has 0 aromatic carbocycles. The maximum atomic E-state index is 5.86. The smallest absolute Gasteiger partial charge is 0.112 e. The van der Waals surface area contributed by atoms with Crippen LogP contribution in [0.4, 0.5) is 0 Å². The third kappa shape index (κ3) is 3.27. The van der Waals surface area contributed by atoms with Crippen molar-refractivity contribution in [2.45, 2.75) is 39.7 Å². The van der Waals surface area contributed by atoms with Gasteiger partial charge in [0.15, 0.2) is 0 Å². The highest BCUT2D eigenvalue weighted by molar-refractivity contribution is 7.11. The molecule has 0 fully saturated rings. The fourth-order valence-corrected chi connectivity index (χ4v) is 2.77. The molecule has 0 spiro atoms. The number of hydrogen-bond acceptors (Lipinski definition) is 4. The van der Waals surface area contributed by atoms with Crippen LogP contribution in [0.5, 0.6) is 0 Å². The van der Waals surface area contributed by atoms with E-state index in [-0.39, 0.29) is 6.04 Å². The van der Waals surface area contributed by atoms with Gasteiger partial charge in [-0.2, -0.15) is 0 Å². The summed E-state index contributed by atoms with van der Waals surface area (Å²) in [5.74, 6) is 0. The quantitative estimate of drug-likeness (QED) is 0.832. The van der Waals surface area contributed by atoms with Gasteiger partial charge in [0.1, 0.15) is 5.01 Å². The van der Waals surface area contributed by atoms with Crippen molar-refractivity contribution in [2.24, 2.45) is 5.73 Å². The van der Waals surface area contributed by atoms with Crippen LogP contribution in [0.15, 0.2) is 0 Å². The number of nitrogens with zero attached hydrogens (tertiary/aromatic N) is 2. The molecule has 0 radical (unpaired) electrons. The van der Waals surface area contributed by atoms with Crippen molar-refractivity contribution in [3.05, 3.63) is 15.6 Å². The minimum atomic E-state index is 0.281. The van der Waals surface area contributed by atoms with Gasteiger partial charge in [0.05, 0.1) is 11.7 Å². The van der Waals surface area contributed by atoms with Crippen LogP contribution in [-0.2, 0) is 0 Å². The van der Waals surface area contributed by atoms with Crippen molar-refractivity contribution in [3.8, 4) is 0 Å². The molecule has 0 aliphatic carbocycles. The number of rotatable bonds is 6. The van der Waals surface area contributed by atoms with Gasteiger partial charge in [-0.15, -0.1) is 11.3 Å². The van der Waals surface area contributed by atoms with Crippen molar-refractivity contribution in [3.63, 3.8) is 0 Å². The molecule has 0 bridgehead atoms. The molecule has 1 rings (SSSR count). The van der Waals surface area contributed by atoms with Gasteiger partial charge < -0.3 is 5.73 Å². The van der Waals surface area contributed by atoms with E-state index < -0.39 is 0 Å². The van der Waals surface area contributed by atoms with Crippen molar-refractivity contribution in [2.75, 3.05) is 20.1 Å². The van der Waals surface area contributed by atoms with Crippen LogP contribution in [0.3, 0.4) is 0 Å². The summed E-state index contributed by atoms with van der Waals surface area (Å²) in [7, 11) is 2.14. The fraction of sp³-hybridized carbons (Fsp3) is 0.750. The van der Waals surface area contributed by atoms with E-state index in [4.69, 9.17) is 5.73 Å². The highest BCUT2D eigenvalue weighted by Gasteiger charge is 2.19. The van der Waals surface area contributed by atoms with Crippen molar-refractivity contribution < 1.29 is 0 Å². The highest BCUT2D eigenvalue weighted by Crippen LogP contribution is 2.25. The second-order valence-electron chi connectivity index (χ2n) is 4.28. The normalized spacial score (nSPS) is 13.4. The van der Waals surface area contributed by atoms with Crippen LogP contribution >= 0.6 is 11.3 Å². The van der Waals surface area contributed by atoms with Crippen molar-refractivity contribution in [1.82, 2.24) is 9.88 Å². The van der Waals surface area contributed by atoms with Gasteiger partial charge in [-0.25, -0.2) is 4.98 Å². The van der Waals surface area contributed by atoms with E-state index in [9.17, 15) is 0 Å². The first kappa shape index (κ1) is 13.6. The number of thiazole rings is 1. The predicted octanol–water partition coefficient (Wildman–Crippen LogP) is 2.49. The average Bonchev–Trinajstić information content (AvgIpc) is 2.57. The Balaban J connectivity index is 2.73. The molecule has 16 heavy (non-hydrogen) atoms. The third-order valence-electron chi connectivity index (χ3n) is 2.95. The fourth-order valence-electron chi connectivity index (χ4n) is 1.67. The summed E-state index contributed by atoms with van der Waals surface area (Å²) in [4.78, 5) is 8.23. The van der Waals surface area contributed by atoms with Gasteiger partial charge in [0, 0.05) is 11.4 Å². The van der Waals surface area contributed by atoms with E-state index in [0.29, 0.717) is 6.54 Å².